The van der Waals surface area contributed by atoms with Gasteiger partial charge in [-0.1, -0.05) is 30.3 Å². The molecular weight excluding hydrogens is 436 g/mol. The Morgan fingerprint density at radius 2 is 1.84 bits per heavy atom. The summed E-state index contributed by atoms with van der Waals surface area (Å²) in [7, 11) is -3.67. The lowest BCUT2D eigenvalue weighted by Crippen LogP contribution is -2.53. The van der Waals surface area contributed by atoms with Gasteiger partial charge in [-0.2, -0.15) is 0 Å². The van der Waals surface area contributed by atoms with Crippen LogP contribution in [-0.2, 0) is 26.6 Å². The van der Waals surface area contributed by atoms with Gasteiger partial charge in [0, 0.05) is 23.7 Å². The molecule has 1 saturated heterocycles. The van der Waals surface area contributed by atoms with E-state index in [1.54, 1.807) is 45.0 Å². The predicted octanol–water partition coefficient (Wildman–Crippen LogP) is 2.33. The average molecular weight is 466 g/mol. The Hall–Kier alpha value is -2.36. The van der Waals surface area contributed by atoms with E-state index < -0.39 is 49.5 Å². The van der Waals surface area contributed by atoms with Gasteiger partial charge in [-0.25, -0.2) is 17.2 Å². The van der Waals surface area contributed by atoms with Gasteiger partial charge >= 0.3 is 0 Å². The van der Waals surface area contributed by atoms with E-state index >= 15 is 4.39 Å². The highest BCUT2D eigenvalue weighted by Gasteiger charge is 2.42. The van der Waals surface area contributed by atoms with Crippen LogP contribution >= 0.6 is 0 Å². The van der Waals surface area contributed by atoms with Crippen molar-refractivity contribution in [3.8, 4) is 0 Å². The van der Waals surface area contributed by atoms with Crippen LogP contribution in [-0.4, -0.2) is 38.7 Å². The number of carbonyl (C=O) groups excluding carboxylic acids is 1. The number of halogens is 2. The molecule has 1 heterocycles. The smallest absolute Gasteiger partial charge is 0.231 e. The number of sulfone groups is 1. The van der Waals surface area contributed by atoms with Crippen LogP contribution in [0.5, 0.6) is 0 Å². The lowest BCUT2D eigenvalue weighted by atomic mass is 9.91. The predicted molar refractivity (Wildman–Crippen MR) is 120 cm³/mol. The molecule has 1 aliphatic rings. The fourth-order valence-electron chi connectivity index (χ4n) is 4.15. The van der Waals surface area contributed by atoms with Gasteiger partial charge in [-0.05, 0) is 50.5 Å². The molecule has 174 valence electrons. The van der Waals surface area contributed by atoms with Crippen molar-refractivity contribution < 1.29 is 22.0 Å². The van der Waals surface area contributed by atoms with Gasteiger partial charge in [0.25, 0.3) is 0 Å². The van der Waals surface area contributed by atoms with Gasteiger partial charge in [-0.3, -0.25) is 10.1 Å². The number of hydrogen-bond acceptors (Lipinski definition) is 5. The molecule has 0 aromatic heterocycles. The van der Waals surface area contributed by atoms with Crippen LogP contribution in [0.15, 0.2) is 42.5 Å². The number of carbonyl (C=O) groups is 1. The van der Waals surface area contributed by atoms with Crippen LogP contribution in [0.4, 0.5) is 8.78 Å². The zero-order valence-electron chi connectivity index (χ0n) is 18.4. The second-order valence-electron chi connectivity index (χ2n) is 8.80. The molecule has 3 rings (SSSR count). The third-order valence-electron chi connectivity index (χ3n) is 6.11. The van der Waals surface area contributed by atoms with Crippen LogP contribution in [0, 0.1) is 11.6 Å². The highest BCUT2D eigenvalue weighted by atomic mass is 32.2. The molecule has 6 nitrogen and oxygen atoms in total. The fourth-order valence-corrected chi connectivity index (χ4v) is 6.51. The number of benzene rings is 2. The maximum absolute atomic E-state index is 15.0. The fraction of sp³-hybridized carbons (Fsp3) is 0.435. The zero-order valence-corrected chi connectivity index (χ0v) is 19.2. The molecule has 0 radical (unpaired) electrons. The maximum atomic E-state index is 15.0. The summed E-state index contributed by atoms with van der Waals surface area (Å²) in [5.74, 6) is -2.00. The quantitative estimate of drug-likeness (QED) is 0.583. The van der Waals surface area contributed by atoms with Crippen molar-refractivity contribution in [2.24, 2.45) is 5.73 Å². The summed E-state index contributed by atoms with van der Waals surface area (Å²) in [5, 5.41) is 4.33. The molecule has 0 aliphatic carbocycles. The van der Waals surface area contributed by atoms with Crippen LogP contribution in [0.3, 0.4) is 0 Å². The third kappa shape index (κ3) is 5.00. The van der Waals surface area contributed by atoms with E-state index in [1.807, 2.05) is 6.07 Å². The summed E-state index contributed by atoms with van der Waals surface area (Å²) in [4.78, 5) is 11.1. The molecule has 0 spiro atoms. The summed E-state index contributed by atoms with van der Waals surface area (Å²) in [6, 6.07) is 10.6. The first kappa shape index (κ1) is 24.3. The Morgan fingerprint density at radius 3 is 2.47 bits per heavy atom. The Balaban J connectivity index is 1.90. The van der Waals surface area contributed by atoms with Gasteiger partial charge in [0.05, 0.1) is 17.0 Å². The highest BCUT2D eigenvalue weighted by Crippen LogP contribution is 2.34. The molecule has 32 heavy (non-hydrogen) atoms. The summed E-state index contributed by atoms with van der Waals surface area (Å²) in [5.41, 5.74) is 4.77. The topological polar surface area (TPSA) is 101 Å². The first-order valence-corrected chi connectivity index (χ1v) is 12.1. The largest absolute Gasteiger partial charge is 0.369 e. The van der Waals surface area contributed by atoms with E-state index in [9.17, 15) is 17.6 Å². The lowest BCUT2D eigenvalue weighted by Gasteiger charge is -2.36. The van der Waals surface area contributed by atoms with Crippen LogP contribution in [0.1, 0.15) is 42.7 Å². The number of nitrogens with one attached hydrogen (secondary N) is 2. The van der Waals surface area contributed by atoms with Crippen molar-refractivity contribution in [3.05, 3.63) is 70.8 Å². The first-order valence-electron chi connectivity index (χ1n) is 10.5. The highest BCUT2D eigenvalue weighted by molar-refractivity contribution is 7.92. The van der Waals surface area contributed by atoms with Gasteiger partial charge < -0.3 is 11.1 Å². The molecule has 1 fully saturated rings. The second-order valence-corrected chi connectivity index (χ2v) is 11.1. The van der Waals surface area contributed by atoms with E-state index in [0.717, 1.165) is 12.1 Å². The Kier molecular flexibility index (Phi) is 7.02. The number of primary amides is 1. The van der Waals surface area contributed by atoms with E-state index in [2.05, 4.69) is 10.6 Å². The molecule has 1 aliphatic heterocycles. The Labute approximate surface area is 187 Å². The summed E-state index contributed by atoms with van der Waals surface area (Å²) in [6.07, 6.45) is -0.155. The van der Waals surface area contributed by atoms with Crippen LogP contribution in [0.25, 0.3) is 0 Å². The molecule has 2 aromatic carbocycles. The molecule has 2 aromatic rings. The third-order valence-corrected chi connectivity index (χ3v) is 8.76. The molecule has 9 heteroatoms. The van der Waals surface area contributed by atoms with Crippen LogP contribution < -0.4 is 16.4 Å². The number of nitrogens with two attached hydrogens (primary N) is 1. The van der Waals surface area contributed by atoms with E-state index in [-0.39, 0.29) is 30.6 Å². The van der Waals surface area contributed by atoms with Gasteiger partial charge in [0.2, 0.25) is 5.91 Å². The number of hydrogen-bond donors (Lipinski definition) is 3. The molecule has 1 unspecified atom stereocenters. The van der Waals surface area contributed by atoms with Crippen LogP contribution in [0.2, 0.25) is 0 Å². The molecule has 3 atom stereocenters. The number of amides is 1. The standard InChI is InChI=1S/C23H29F2N3O3S/c1-14-20(32(30,31)21(12-27-14)15-7-5-4-6-8-15)10-16-9-19(25)17(11-18(16)24)23(2,3)28-13-22(26)29/h4-9,11,14,20-21,27-28H,10,12-13H2,1-3H3,(H2,26,29)/t14-,20?,21-/m0/s1. The van der Waals surface area contributed by atoms with Crippen molar-refractivity contribution >= 4 is 15.7 Å². The van der Waals surface area contributed by atoms with Crippen molar-refractivity contribution in [2.45, 2.75) is 49.3 Å². The minimum Gasteiger partial charge on any atom is -0.369 e. The van der Waals surface area contributed by atoms with Gasteiger partial charge in [0.1, 0.15) is 11.6 Å². The van der Waals surface area contributed by atoms with Crippen molar-refractivity contribution in [3.63, 3.8) is 0 Å². The van der Waals surface area contributed by atoms with Gasteiger partial charge in [-0.15, -0.1) is 0 Å². The average Bonchev–Trinajstić information content (AvgIpc) is 2.72. The molecule has 1 amide bonds. The molecule has 0 bridgehead atoms. The maximum Gasteiger partial charge on any atom is 0.231 e. The molecular formula is C23H29F2N3O3S. The summed E-state index contributed by atoms with van der Waals surface area (Å²) in [6.45, 7) is 5.02. The molecule has 0 saturated carbocycles. The number of rotatable bonds is 7. The van der Waals surface area contributed by atoms with Crippen molar-refractivity contribution in [1.29, 1.82) is 0 Å². The van der Waals surface area contributed by atoms with E-state index in [4.69, 9.17) is 5.73 Å². The van der Waals surface area contributed by atoms with Crippen molar-refractivity contribution in [2.75, 3.05) is 13.1 Å². The molecule has 4 N–H and O–H groups in total. The first-order chi connectivity index (χ1) is 14.9. The van der Waals surface area contributed by atoms with Crippen molar-refractivity contribution in [1.82, 2.24) is 10.6 Å². The summed E-state index contributed by atoms with van der Waals surface area (Å²) >= 11 is 0. The second kappa shape index (κ2) is 9.25. The summed E-state index contributed by atoms with van der Waals surface area (Å²) < 4.78 is 56.7. The van der Waals surface area contributed by atoms with E-state index in [0.29, 0.717) is 5.56 Å². The minimum absolute atomic E-state index is 0.00659. The normalized spacial score (nSPS) is 23.1. The van der Waals surface area contributed by atoms with Gasteiger partial charge in [0.15, 0.2) is 9.84 Å². The van der Waals surface area contributed by atoms with E-state index in [1.165, 1.54) is 0 Å². The monoisotopic (exact) mass is 465 g/mol. The SMILES string of the molecule is C[C@@H]1NC[C@@H](c2ccccc2)S(=O)(=O)C1Cc1cc(F)c(C(C)(C)NCC(N)=O)cc1F. The minimum atomic E-state index is -3.67. The Bertz CT molecular complexity index is 1090. The Morgan fingerprint density at radius 1 is 1.19 bits per heavy atom. The lowest BCUT2D eigenvalue weighted by molar-refractivity contribution is -0.117. The zero-order chi connectivity index (χ0) is 23.7.